The van der Waals surface area contributed by atoms with Gasteiger partial charge in [0.25, 0.3) is 5.91 Å². The minimum atomic E-state index is -3.68. The van der Waals surface area contributed by atoms with Crippen LogP contribution in [0.4, 0.5) is 0 Å². The van der Waals surface area contributed by atoms with Gasteiger partial charge in [-0.3, -0.25) is 9.59 Å². The van der Waals surface area contributed by atoms with Crippen molar-refractivity contribution in [3.63, 3.8) is 0 Å². The second-order valence-corrected chi connectivity index (χ2v) is 7.62. The van der Waals surface area contributed by atoms with Crippen LogP contribution in [0, 0.1) is 0 Å². The molecule has 0 fully saturated rings. The molecule has 2 aromatic rings. The summed E-state index contributed by atoms with van der Waals surface area (Å²) < 4.78 is 27.1. The lowest BCUT2D eigenvalue weighted by Crippen LogP contribution is -2.24. The van der Waals surface area contributed by atoms with Gasteiger partial charge in [0.2, 0.25) is 10.0 Å². The lowest BCUT2D eigenvalue weighted by Gasteiger charge is -2.08. The molecule has 0 aliphatic heterocycles. The van der Waals surface area contributed by atoms with Gasteiger partial charge < -0.3 is 5.32 Å². The van der Waals surface area contributed by atoms with Crippen molar-refractivity contribution in [3.8, 4) is 0 Å². The fourth-order valence-corrected chi connectivity index (χ4v) is 3.26. The normalized spacial score (nSPS) is 11.2. The lowest BCUT2D eigenvalue weighted by molar-refractivity contribution is 0.0952. The van der Waals surface area contributed by atoms with Crippen LogP contribution in [0.2, 0.25) is 0 Å². The minimum absolute atomic E-state index is 0.0954. The first-order valence-electron chi connectivity index (χ1n) is 8.31. The van der Waals surface area contributed by atoms with Gasteiger partial charge in [0.15, 0.2) is 5.78 Å². The summed E-state index contributed by atoms with van der Waals surface area (Å²) in [5, 5.41) is 2.78. The van der Waals surface area contributed by atoms with Crippen molar-refractivity contribution < 1.29 is 18.0 Å². The smallest absolute Gasteiger partial charge is 0.251 e. The third kappa shape index (κ3) is 5.24. The third-order valence-electron chi connectivity index (χ3n) is 3.79. The molecular formula is C19H22N2O4S. The fourth-order valence-electron chi connectivity index (χ4n) is 2.25. The van der Waals surface area contributed by atoms with E-state index >= 15 is 0 Å². The molecule has 0 aliphatic rings. The van der Waals surface area contributed by atoms with Crippen LogP contribution in [-0.2, 0) is 16.6 Å². The summed E-state index contributed by atoms with van der Waals surface area (Å²) in [6, 6.07) is 12.5. The van der Waals surface area contributed by atoms with Gasteiger partial charge >= 0.3 is 0 Å². The third-order valence-corrected chi connectivity index (χ3v) is 5.21. The molecule has 138 valence electrons. The van der Waals surface area contributed by atoms with E-state index in [1.807, 2.05) is 6.92 Å². The molecule has 6 nitrogen and oxygen atoms in total. The highest BCUT2D eigenvalue weighted by Crippen LogP contribution is 2.12. The van der Waals surface area contributed by atoms with Crippen LogP contribution in [0.3, 0.4) is 0 Å². The molecule has 7 heteroatoms. The standard InChI is InChI=1S/C19H22N2O4S/c1-3-12-20-19(23)17-6-4-15(5-7-17)13-21-26(24,25)18-10-8-16(9-11-18)14(2)22/h4-11,21H,3,12-13H2,1-2H3,(H,20,23). The Kier molecular flexibility index (Phi) is 6.65. The number of ketones is 1. The van der Waals surface area contributed by atoms with Gasteiger partial charge in [0, 0.05) is 24.2 Å². The highest BCUT2D eigenvalue weighted by molar-refractivity contribution is 7.89. The Bertz CT molecular complexity index is 873. The van der Waals surface area contributed by atoms with Crippen molar-refractivity contribution in [3.05, 3.63) is 65.2 Å². The number of amides is 1. The maximum absolute atomic E-state index is 12.3. The first kappa shape index (κ1) is 19.8. The lowest BCUT2D eigenvalue weighted by atomic mass is 10.1. The molecule has 2 aromatic carbocycles. The average Bonchev–Trinajstić information content (AvgIpc) is 2.65. The first-order valence-corrected chi connectivity index (χ1v) is 9.79. The summed E-state index contributed by atoms with van der Waals surface area (Å²) in [5.74, 6) is -0.269. The van der Waals surface area contributed by atoms with Crippen LogP contribution < -0.4 is 10.0 Å². The summed E-state index contributed by atoms with van der Waals surface area (Å²) in [6.07, 6.45) is 0.860. The van der Waals surface area contributed by atoms with E-state index in [1.165, 1.54) is 31.2 Å². The largest absolute Gasteiger partial charge is 0.352 e. The molecule has 0 saturated carbocycles. The minimum Gasteiger partial charge on any atom is -0.352 e. The van der Waals surface area contributed by atoms with Crippen molar-refractivity contribution in [1.29, 1.82) is 0 Å². The van der Waals surface area contributed by atoms with Gasteiger partial charge in [-0.25, -0.2) is 13.1 Å². The number of nitrogens with one attached hydrogen (secondary N) is 2. The van der Waals surface area contributed by atoms with Crippen LogP contribution in [0.25, 0.3) is 0 Å². The number of carbonyl (C=O) groups excluding carboxylic acids is 2. The summed E-state index contributed by atoms with van der Waals surface area (Å²) in [7, 11) is -3.68. The molecule has 0 heterocycles. The zero-order valence-corrected chi connectivity index (χ0v) is 15.6. The number of hydrogen-bond donors (Lipinski definition) is 2. The zero-order valence-electron chi connectivity index (χ0n) is 14.8. The molecule has 1 amide bonds. The van der Waals surface area contributed by atoms with Gasteiger partial charge in [0.1, 0.15) is 0 Å². The second kappa shape index (κ2) is 8.73. The predicted octanol–water partition coefficient (Wildman–Crippen LogP) is 2.51. The van der Waals surface area contributed by atoms with E-state index in [-0.39, 0.29) is 23.1 Å². The van der Waals surface area contributed by atoms with Crippen molar-refractivity contribution in [2.45, 2.75) is 31.7 Å². The van der Waals surface area contributed by atoms with Crippen LogP contribution in [0.5, 0.6) is 0 Å². The molecule has 0 bridgehead atoms. The zero-order chi connectivity index (χ0) is 19.2. The van der Waals surface area contributed by atoms with Gasteiger partial charge in [0.05, 0.1) is 4.90 Å². The highest BCUT2D eigenvalue weighted by Gasteiger charge is 2.14. The van der Waals surface area contributed by atoms with E-state index in [2.05, 4.69) is 10.0 Å². The topological polar surface area (TPSA) is 92.3 Å². The van der Waals surface area contributed by atoms with Crippen LogP contribution in [0.15, 0.2) is 53.4 Å². The molecule has 0 aromatic heterocycles. The highest BCUT2D eigenvalue weighted by atomic mass is 32.2. The second-order valence-electron chi connectivity index (χ2n) is 5.86. The van der Waals surface area contributed by atoms with Crippen LogP contribution in [-0.4, -0.2) is 26.7 Å². The Morgan fingerprint density at radius 2 is 1.50 bits per heavy atom. The molecule has 0 aliphatic carbocycles. The molecule has 0 radical (unpaired) electrons. The van der Waals surface area contributed by atoms with Gasteiger partial charge in [-0.05, 0) is 43.2 Å². The van der Waals surface area contributed by atoms with Crippen LogP contribution in [0.1, 0.15) is 46.5 Å². The van der Waals surface area contributed by atoms with E-state index in [0.717, 1.165) is 12.0 Å². The summed E-state index contributed by atoms with van der Waals surface area (Å²) >= 11 is 0. The fraction of sp³-hybridized carbons (Fsp3) is 0.263. The van der Waals surface area contributed by atoms with Crippen molar-refractivity contribution in [1.82, 2.24) is 10.0 Å². The van der Waals surface area contributed by atoms with E-state index in [9.17, 15) is 18.0 Å². The van der Waals surface area contributed by atoms with E-state index in [0.29, 0.717) is 17.7 Å². The number of carbonyl (C=O) groups is 2. The Balaban J connectivity index is 2.00. The summed E-state index contributed by atoms with van der Waals surface area (Å²) in [6.45, 7) is 4.12. The van der Waals surface area contributed by atoms with E-state index in [4.69, 9.17) is 0 Å². The number of benzene rings is 2. The van der Waals surface area contributed by atoms with Crippen molar-refractivity contribution >= 4 is 21.7 Å². The summed E-state index contributed by atoms with van der Waals surface area (Å²) in [5.41, 5.74) is 1.73. The molecule has 0 atom stereocenters. The number of sulfonamides is 1. The first-order chi connectivity index (χ1) is 12.3. The average molecular weight is 374 g/mol. The number of hydrogen-bond acceptors (Lipinski definition) is 4. The Morgan fingerprint density at radius 3 is 2.04 bits per heavy atom. The monoisotopic (exact) mass is 374 g/mol. The maximum atomic E-state index is 12.3. The van der Waals surface area contributed by atoms with Gasteiger partial charge in [-0.2, -0.15) is 0 Å². The van der Waals surface area contributed by atoms with E-state index < -0.39 is 10.0 Å². The predicted molar refractivity (Wildman–Crippen MR) is 99.5 cm³/mol. The Labute approximate surface area is 153 Å². The van der Waals surface area contributed by atoms with Crippen LogP contribution >= 0.6 is 0 Å². The Hall–Kier alpha value is -2.51. The van der Waals surface area contributed by atoms with Crippen molar-refractivity contribution in [2.75, 3.05) is 6.54 Å². The molecule has 26 heavy (non-hydrogen) atoms. The number of Topliss-reactive ketones (excluding diaryl/α,β-unsaturated/α-hetero) is 1. The molecule has 2 rings (SSSR count). The molecular weight excluding hydrogens is 352 g/mol. The molecule has 2 N–H and O–H groups in total. The van der Waals surface area contributed by atoms with E-state index in [1.54, 1.807) is 24.3 Å². The molecule has 0 unspecified atom stereocenters. The maximum Gasteiger partial charge on any atom is 0.251 e. The SMILES string of the molecule is CCCNC(=O)c1ccc(CNS(=O)(=O)c2ccc(C(C)=O)cc2)cc1. The van der Waals surface area contributed by atoms with Crippen molar-refractivity contribution in [2.24, 2.45) is 0 Å². The molecule has 0 spiro atoms. The summed E-state index contributed by atoms with van der Waals surface area (Å²) in [4.78, 5) is 23.2. The Morgan fingerprint density at radius 1 is 0.923 bits per heavy atom. The van der Waals surface area contributed by atoms with Gasteiger partial charge in [-0.1, -0.05) is 31.2 Å². The quantitative estimate of drug-likeness (QED) is 0.695. The molecule has 0 saturated heterocycles. The number of rotatable bonds is 8. The van der Waals surface area contributed by atoms with Gasteiger partial charge in [-0.15, -0.1) is 0 Å².